The fourth-order valence-electron chi connectivity index (χ4n) is 4.58. The van der Waals surface area contributed by atoms with Crippen molar-refractivity contribution >= 4 is 18.0 Å². The molecule has 168 valence electrons. The number of benzene rings is 2. The van der Waals surface area contributed by atoms with E-state index in [1.165, 1.54) is 0 Å². The van der Waals surface area contributed by atoms with Crippen molar-refractivity contribution < 1.29 is 24.2 Å². The molecule has 7 nitrogen and oxygen atoms in total. The average molecular weight is 437 g/mol. The molecule has 0 radical (unpaired) electrons. The molecule has 1 fully saturated rings. The monoisotopic (exact) mass is 436 g/mol. The minimum Gasteiger partial charge on any atom is -0.481 e. The first-order valence-corrected chi connectivity index (χ1v) is 11.1. The number of hydrogen-bond donors (Lipinski definition) is 3. The van der Waals surface area contributed by atoms with Crippen LogP contribution in [0.2, 0.25) is 0 Å². The average Bonchev–Trinajstić information content (AvgIpc) is 3.07. The molecule has 3 N–H and O–H groups in total. The zero-order valence-corrected chi connectivity index (χ0v) is 18.0. The van der Waals surface area contributed by atoms with E-state index in [1.54, 1.807) is 0 Å². The zero-order chi connectivity index (χ0) is 22.7. The van der Waals surface area contributed by atoms with Crippen LogP contribution >= 0.6 is 0 Å². The summed E-state index contributed by atoms with van der Waals surface area (Å²) in [4.78, 5) is 36.1. The van der Waals surface area contributed by atoms with E-state index >= 15 is 0 Å². The molecule has 0 unspecified atom stereocenters. The molecule has 0 aliphatic heterocycles. The van der Waals surface area contributed by atoms with Gasteiger partial charge in [0.05, 0.1) is 5.92 Å². The van der Waals surface area contributed by atoms with Crippen LogP contribution in [0.3, 0.4) is 0 Å². The first-order valence-electron chi connectivity index (χ1n) is 11.1. The maximum absolute atomic E-state index is 12.6. The lowest BCUT2D eigenvalue weighted by Gasteiger charge is -2.34. The fourth-order valence-corrected chi connectivity index (χ4v) is 4.58. The molecule has 2 aromatic rings. The summed E-state index contributed by atoms with van der Waals surface area (Å²) in [5.41, 5.74) is 4.56. The van der Waals surface area contributed by atoms with Gasteiger partial charge in [0.1, 0.15) is 12.6 Å². The lowest BCUT2D eigenvalue weighted by Crippen LogP contribution is -2.53. The molecule has 1 atom stereocenters. The Morgan fingerprint density at radius 1 is 1.03 bits per heavy atom. The van der Waals surface area contributed by atoms with Crippen LogP contribution in [0.15, 0.2) is 48.5 Å². The normalized spacial score (nSPS) is 19.8. The number of carbonyl (C=O) groups excluding carboxylic acids is 2. The predicted octanol–water partition coefficient (Wildman–Crippen LogP) is 3.67. The molecule has 1 saturated carbocycles. The number of carboxylic acid groups (broad SMARTS) is 1. The molecule has 0 aromatic heterocycles. The fraction of sp³-hybridized carbons (Fsp3) is 0.400. The third-order valence-electron chi connectivity index (χ3n) is 6.36. The van der Waals surface area contributed by atoms with Gasteiger partial charge in [0.25, 0.3) is 0 Å². The molecule has 2 aliphatic rings. The first kappa shape index (κ1) is 21.9. The van der Waals surface area contributed by atoms with Crippen LogP contribution in [0, 0.1) is 5.92 Å². The number of ether oxygens (including phenoxy) is 1. The number of amides is 2. The highest BCUT2D eigenvalue weighted by molar-refractivity contribution is 5.86. The summed E-state index contributed by atoms with van der Waals surface area (Å²) in [6.45, 7) is 2.12. The van der Waals surface area contributed by atoms with Gasteiger partial charge in [-0.2, -0.15) is 0 Å². The summed E-state index contributed by atoms with van der Waals surface area (Å²) in [6, 6.07) is 15.3. The van der Waals surface area contributed by atoms with Gasteiger partial charge >= 0.3 is 12.1 Å². The summed E-state index contributed by atoms with van der Waals surface area (Å²) in [5.74, 6) is -1.58. The van der Waals surface area contributed by atoms with E-state index in [4.69, 9.17) is 9.84 Å². The molecule has 7 heteroatoms. The van der Waals surface area contributed by atoms with Crippen molar-refractivity contribution in [2.75, 3.05) is 6.61 Å². The molecule has 2 aliphatic carbocycles. The van der Waals surface area contributed by atoms with Gasteiger partial charge in [-0.25, -0.2) is 4.79 Å². The van der Waals surface area contributed by atoms with Gasteiger partial charge in [0.15, 0.2) is 0 Å². The smallest absolute Gasteiger partial charge is 0.407 e. The molecule has 0 bridgehead atoms. The van der Waals surface area contributed by atoms with Crippen molar-refractivity contribution in [2.24, 2.45) is 5.92 Å². The highest BCUT2D eigenvalue weighted by Gasteiger charge is 2.36. The largest absolute Gasteiger partial charge is 0.481 e. The minimum absolute atomic E-state index is 0.0467. The zero-order valence-electron chi connectivity index (χ0n) is 18.0. The number of aliphatic carboxylic acids is 1. The second kappa shape index (κ2) is 9.42. The summed E-state index contributed by atoms with van der Waals surface area (Å²) >= 11 is 0. The van der Waals surface area contributed by atoms with Crippen molar-refractivity contribution in [1.29, 1.82) is 0 Å². The van der Waals surface area contributed by atoms with Gasteiger partial charge in [-0.05, 0) is 41.5 Å². The van der Waals surface area contributed by atoms with E-state index in [0.29, 0.717) is 25.7 Å². The van der Waals surface area contributed by atoms with Gasteiger partial charge in [-0.15, -0.1) is 0 Å². The molecule has 2 aromatic carbocycles. The van der Waals surface area contributed by atoms with Gasteiger partial charge in [-0.1, -0.05) is 61.9 Å². The number of carboxylic acids is 1. The lowest BCUT2D eigenvalue weighted by atomic mass is 9.80. The third-order valence-corrected chi connectivity index (χ3v) is 6.36. The maximum atomic E-state index is 12.6. The maximum Gasteiger partial charge on any atom is 0.407 e. The van der Waals surface area contributed by atoms with E-state index in [2.05, 4.69) is 34.9 Å². The Morgan fingerprint density at radius 3 is 2.19 bits per heavy atom. The topological polar surface area (TPSA) is 105 Å². The van der Waals surface area contributed by atoms with Gasteiger partial charge in [0, 0.05) is 12.0 Å². The van der Waals surface area contributed by atoms with Crippen molar-refractivity contribution in [3.05, 3.63) is 59.7 Å². The number of alkyl carbamates (subject to hydrolysis) is 1. The highest BCUT2D eigenvalue weighted by Crippen LogP contribution is 2.44. The van der Waals surface area contributed by atoms with Crippen LogP contribution in [0.4, 0.5) is 4.79 Å². The molecule has 0 saturated heterocycles. The summed E-state index contributed by atoms with van der Waals surface area (Å²) in [7, 11) is 0. The predicted molar refractivity (Wildman–Crippen MR) is 119 cm³/mol. The van der Waals surface area contributed by atoms with E-state index in [-0.39, 0.29) is 24.5 Å². The Balaban J connectivity index is 1.34. The summed E-state index contributed by atoms with van der Waals surface area (Å²) < 4.78 is 5.55. The van der Waals surface area contributed by atoms with E-state index in [9.17, 15) is 14.4 Å². The van der Waals surface area contributed by atoms with Crippen LogP contribution < -0.4 is 10.6 Å². The Hall–Kier alpha value is -3.35. The molecule has 0 spiro atoms. The molecule has 2 amide bonds. The molecule has 0 heterocycles. The van der Waals surface area contributed by atoms with Crippen molar-refractivity contribution in [2.45, 2.75) is 50.6 Å². The van der Waals surface area contributed by atoms with Crippen LogP contribution in [0.5, 0.6) is 0 Å². The van der Waals surface area contributed by atoms with Gasteiger partial charge < -0.3 is 20.5 Å². The standard InChI is InChI=1S/C25H28N2O5/c1-2-7-22(23(28)26-16-12-15(13-16)24(29)30)27-25(31)32-14-21-19-10-5-3-8-17(19)18-9-4-6-11-20(18)21/h3-6,8-11,15-16,21-22H,2,7,12-14H2,1H3,(H,26,28)(H,27,31)(H,29,30)/t15?,16?,22-/m0/s1. The summed E-state index contributed by atoms with van der Waals surface area (Å²) in [6.07, 6.45) is 1.41. The number of hydrogen-bond acceptors (Lipinski definition) is 4. The molecular formula is C25H28N2O5. The second-order valence-electron chi connectivity index (χ2n) is 8.52. The Morgan fingerprint density at radius 2 is 1.62 bits per heavy atom. The van der Waals surface area contributed by atoms with E-state index in [1.807, 2.05) is 31.2 Å². The van der Waals surface area contributed by atoms with Crippen LogP contribution in [-0.4, -0.2) is 41.8 Å². The molecule has 32 heavy (non-hydrogen) atoms. The van der Waals surface area contributed by atoms with E-state index < -0.39 is 24.0 Å². The number of rotatable bonds is 8. The minimum atomic E-state index is -0.836. The van der Waals surface area contributed by atoms with Crippen LogP contribution in [-0.2, 0) is 14.3 Å². The number of carbonyl (C=O) groups is 3. The van der Waals surface area contributed by atoms with Crippen LogP contribution in [0.1, 0.15) is 49.7 Å². The van der Waals surface area contributed by atoms with Gasteiger partial charge in [0.2, 0.25) is 5.91 Å². The third kappa shape index (κ3) is 4.47. The van der Waals surface area contributed by atoms with Crippen molar-refractivity contribution in [3.8, 4) is 11.1 Å². The summed E-state index contributed by atoms with van der Waals surface area (Å²) in [5, 5.41) is 14.5. The first-order chi connectivity index (χ1) is 15.5. The number of fused-ring (bicyclic) bond motifs is 3. The van der Waals surface area contributed by atoms with Crippen molar-refractivity contribution in [1.82, 2.24) is 10.6 Å². The quantitative estimate of drug-likeness (QED) is 0.586. The molecule has 4 rings (SSSR count). The van der Waals surface area contributed by atoms with Crippen LogP contribution in [0.25, 0.3) is 11.1 Å². The lowest BCUT2D eigenvalue weighted by molar-refractivity contribution is -0.146. The van der Waals surface area contributed by atoms with E-state index in [0.717, 1.165) is 22.3 Å². The molecular weight excluding hydrogens is 408 g/mol. The SMILES string of the molecule is CCC[C@H](NC(=O)OCC1c2ccccc2-c2ccccc21)C(=O)NC1CC(C(=O)O)C1. The Kier molecular flexibility index (Phi) is 6.44. The highest BCUT2D eigenvalue weighted by atomic mass is 16.5. The van der Waals surface area contributed by atoms with Crippen molar-refractivity contribution in [3.63, 3.8) is 0 Å². The Labute approximate surface area is 187 Å². The van der Waals surface area contributed by atoms with Gasteiger partial charge in [-0.3, -0.25) is 9.59 Å². The Bertz CT molecular complexity index is 969. The second-order valence-corrected chi connectivity index (χ2v) is 8.52. The number of nitrogens with one attached hydrogen (secondary N) is 2.